The molecule has 0 aliphatic rings. The Bertz CT molecular complexity index is 717. The van der Waals surface area contributed by atoms with Gasteiger partial charge in [0.2, 0.25) is 5.91 Å². The number of urea groups is 1. The van der Waals surface area contributed by atoms with E-state index in [4.69, 9.17) is 0 Å². The van der Waals surface area contributed by atoms with Crippen LogP contribution in [-0.2, 0) is 11.2 Å². The number of rotatable bonds is 5. The SMILES string of the molecule is CNC(=O)CNC(=O)Nc1ncc(Cc2ccc(C)c(F)c2)s1. The van der Waals surface area contributed by atoms with E-state index in [1.807, 2.05) is 6.07 Å². The number of nitrogens with one attached hydrogen (secondary N) is 3. The zero-order valence-electron chi connectivity index (χ0n) is 12.8. The summed E-state index contributed by atoms with van der Waals surface area (Å²) in [6.45, 7) is 1.61. The minimum absolute atomic E-state index is 0.108. The molecule has 0 aliphatic heterocycles. The maximum absolute atomic E-state index is 13.5. The molecular weight excluding hydrogens is 319 g/mol. The summed E-state index contributed by atoms with van der Waals surface area (Å²) in [6, 6.07) is 4.59. The number of anilines is 1. The number of benzene rings is 1. The Balaban J connectivity index is 1.91. The van der Waals surface area contributed by atoms with Crippen LogP contribution >= 0.6 is 11.3 Å². The highest BCUT2D eigenvalue weighted by Gasteiger charge is 2.09. The summed E-state index contributed by atoms with van der Waals surface area (Å²) in [5.74, 6) is -0.527. The van der Waals surface area contributed by atoms with Gasteiger partial charge in [-0.2, -0.15) is 0 Å². The Morgan fingerprint density at radius 3 is 2.83 bits per heavy atom. The predicted octanol–water partition coefficient (Wildman–Crippen LogP) is 2.05. The van der Waals surface area contributed by atoms with Gasteiger partial charge in [-0.1, -0.05) is 12.1 Å². The number of thiazole rings is 1. The van der Waals surface area contributed by atoms with Crippen molar-refractivity contribution in [1.82, 2.24) is 15.6 Å². The molecule has 0 unspecified atom stereocenters. The van der Waals surface area contributed by atoms with Crippen molar-refractivity contribution < 1.29 is 14.0 Å². The average molecular weight is 336 g/mol. The Morgan fingerprint density at radius 2 is 2.13 bits per heavy atom. The lowest BCUT2D eigenvalue weighted by molar-refractivity contribution is -0.119. The van der Waals surface area contributed by atoms with Crippen LogP contribution in [0, 0.1) is 12.7 Å². The van der Waals surface area contributed by atoms with Gasteiger partial charge in [0.15, 0.2) is 5.13 Å². The zero-order chi connectivity index (χ0) is 16.8. The number of carbonyl (C=O) groups is 2. The number of amides is 3. The fraction of sp³-hybridized carbons (Fsp3) is 0.267. The van der Waals surface area contributed by atoms with Gasteiger partial charge in [0.25, 0.3) is 0 Å². The third kappa shape index (κ3) is 5.03. The number of aryl methyl sites for hydroxylation is 1. The predicted molar refractivity (Wildman–Crippen MR) is 87.1 cm³/mol. The summed E-state index contributed by atoms with van der Waals surface area (Å²) < 4.78 is 13.5. The molecule has 0 saturated carbocycles. The van der Waals surface area contributed by atoms with Crippen LogP contribution in [0.1, 0.15) is 16.0 Å². The van der Waals surface area contributed by atoms with Gasteiger partial charge in [0, 0.05) is 24.5 Å². The van der Waals surface area contributed by atoms with Gasteiger partial charge in [-0.05, 0) is 24.1 Å². The summed E-state index contributed by atoms with van der Waals surface area (Å²) in [5.41, 5.74) is 1.44. The Kier molecular flexibility index (Phi) is 5.64. The first-order chi connectivity index (χ1) is 11.0. The van der Waals surface area contributed by atoms with E-state index in [1.54, 1.807) is 19.2 Å². The molecule has 3 amide bonds. The first-order valence-corrected chi connectivity index (χ1v) is 7.74. The zero-order valence-corrected chi connectivity index (χ0v) is 13.6. The lowest BCUT2D eigenvalue weighted by Gasteiger charge is -2.04. The molecule has 0 radical (unpaired) electrons. The highest BCUT2D eigenvalue weighted by atomic mass is 32.1. The topological polar surface area (TPSA) is 83.1 Å². The van der Waals surface area contributed by atoms with Crippen LogP contribution in [0.25, 0.3) is 0 Å². The van der Waals surface area contributed by atoms with Crippen molar-refractivity contribution in [3.8, 4) is 0 Å². The second-order valence-electron chi connectivity index (χ2n) is 4.87. The molecule has 0 bridgehead atoms. The molecule has 122 valence electrons. The van der Waals surface area contributed by atoms with Crippen LogP contribution in [0.3, 0.4) is 0 Å². The van der Waals surface area contributed by atoms with Crippen LogP contribution in [-0.4, -0.2) is 30.5 Å². The highest BCUT2D eigenvalue weighted by molar-refractivity contribution is 7.15. The van der Waals surface area contributed by atoms with Crippen LogP contribution < -0.4 is 16.0 Å². The lowest BCUT2D eigenvalue weighted by atomic mass is 10.1. The first kappa shape index (κ1) is 16.9. The van der Waals surface area contributed by atoms with Crippen molar-refractivity contribution >= 4 is 28.4 Å². The van der Waals surface area contributed by atoms with Crippen molar-refractivity contribution in [1.29, 1.82) is 0 Å². The van der Waals surface area contributed by atoms with E-state index in [0.29, 0.717) is 17.1 Å². The molecule has 1 aromatic heterocycles. The number of likely N-dealkylation sites (N-methyl/N-ethyl adjacent to an activating group) is 1. The van der Waals surface area contributed by atoms with E-state index in [2.05, 4.69) is 20.9 Å². The maximum Gasteiger partial charge on any atom is 0.321 e. The van der Waals surface area contributed by atoms with E-state index in [0.717, 1.165) is 10.4 Å². The van der Waals surface area contributed by atoms with Gasteiger partial charge < -0.3 is 10.6 Å². The summed E-state index contributed by atoms with van der Waals surface area (Å²) in [7, 11) is 1.49. The molecule has 1 heterocycles. The molecular formula is C15H17FN4O2S. The molecule has 0 atom stereocenters. The summed E-state index contributed by atoms with van der Waals surface area (Å²) in [4.78, 5) is 27.6. The molecule has 2 rings (SSSR count). The quantitative estimate of drug-likeness (QED) is 0.781. The average Bonchev–Trinajstić information content (AvgIpc) is 2.95. The number of aromatic nitrogens is 1. The monoisotopic (exact) mass is 336 g/mol. The van der Waals surface area contributed by atoms with Gasteiger partial charge in [0.05, 0.1) is 6.54 Å². The van der Waals surface area contributed by atoms with Crippen LogP contribution in [0.5, 0.6) is 0 Å². The van der Waals surface area contributed by atoms with Crippen molar-refractivity contribution in [3.05, 3.63) is 46.2 Å². The molecule has 0 fully saturated rings. The van der Waals surface area contributed by atoms with Gasteiger partial charge in [-0.3, -0.25) is 10.1 Å². The molecule has 2 aromatic rings. The van der Waals surface area contributed by atoms with Crippen molar-refractivity contribution in [2.75, 3.05) is 18.9 Å². The molecule has 0 saturated heterocycles. The normalized spacial score (nSPS) is 10.2. The third-order valence-electron chi connectivity index (χ3n) is 3.08. The Morgan fingerprint density at radius 1 is 1.35 bits per heavy atom. The molecule has 23 heavy (non-hydrogen) atoms. The summed E-state index contributed by atoms with van der Waals surface area (Å²) in [5, 5.41) is 7.78. The fourth-order valence-electron chi connectivity index (χ4n) is 1.78. The molecule has 6 nitrogen and oxygen atoms in total. The smallest absolute Gasteiger partial charge is 0.321 e. The van der Waals surface area contributed by atoms with Crippen molar-refractivity contribution in [2.24, 2.45) is 0 Å². The number of carbonyl (C=O) groups excluding carboxylic acids is 2. The number of nitrogens with zero attached hydrogens (tertiary/aromatic N) is 1. The van der Waals surface area contributed by atoms with Gasteiger partial charge in [-0.25, -0.2) is 14.2 Å². The van der Waals surface area contributed by atoms with Crippen LogP contribution in [0.15, 0.2) is 24.4 Å². The minimum atomic E-state index is -0.504. The first-order valence-electron chi connectivity index (χ1n) is 6.93. The maximum atomic E-state index is 13.5. The summed E-state index contributed by atoms with van der Waals surface area (Å²) >= 11 is 1.30. The van der Waals surface area contributed by atoms with Crippen LogP contribution in [0.2, 0.25) is 0 Å². The van der Waals surface area contributed by atoms with Gasteiger partial charge in [-0.15, -0.1) is 11.3 Å². The fourth-order valence-corrected chi connectivity index (χ4v) is 2.63. The van der Waals surface area contributed by atoms with Crippen LogP contribution in [0.4, 0.5) is 14.3 Å². The Hall–Kier alpha value is -2.48. The van der Waals surface area contributed by atoms with Gasteiger partial charge >= 0.3 is 6.03 Å². The van der Waals surface area contributed by atoms with Gasteiger partial charge in [0.1, 0.15) is 5.82 Å². The third-order valence-corrected chi connectivity index (χ3v) is 3.99. The number of hydrogen-bond donors (Lipinski definition) is 3. The number of hydrogen-bond acceptors (Lipinski definition) is 4. The molecule has 1 aromatic carbocycles. The molecule has 0 aliphatic carbocycles. The molecule has 3 N–H and O–H groups in total. The van der Waals surface area contributed by atoms with E-state index in [9.17, 15) is 14.0 Å². The lowest BCUT2D eigenvalue weighted by Crippen LogP contribution is -2.37. The van der Waals surface area contributed by atoms with Crippen molar-refractivity contribution in [3.63, 3.8) is 0 Å². The highest BCUT2D eigenvalue weighted by Crippen LogP contribution is 2.22. The van der Waals surface area contributed by atoms with E-state index < -0.39 is 6.03 Å². The second kappa shape index (κ2) is 7.68. The number of halogens is 1. The second-order valence-corrected chi connectivity index (χ2v) is 5.99. The molecule has 8 heteroatoms. The van der Waals surface area contributed by atoms with E-state index in [1.165, 1.54) is 24.5 Å². The standard InChI is InChI=1S/C15H17FN4O2S/c1-9-3-4-10(6-12(9)16)5-11-7-19-15(23-11)20-14(22)18-8-13(21)17-2/h3-4,6-7H,5,8H2,1-2H3,(H,17,21)(H2,18,19,20,22). The summed E-state index contributed by atoms with van der Waals surface area (Å²) in [6.07, 6.45) is 2.17. The van der Waals surface area contributed by atoms with E-state index in [-0.39, 0.29) is 18.3 Å². The minimum Gasteiger partial charge on any atom is -0.358 e. The Labute approximate surface area is 137 Å². The molecule has 0 spiro atoms. The van der Waals surface area contributed by atoms with E-state index >= 15 is 0 Å². The largest absolute Gasteiger partial charge is 0.358 e. The van der Waals surface area contributed by atoms with Crippen molar-refractivity contribution in [2.45, 2.75) is 13.3 Å².